The van der Waals surface area contributed by atoms with Gasteiger partial charge in [-0.1, -0.05) is 31.2 Å². The molecule has 2 bridgehead atoms. The van der Waals surface area contributed by atoms with Crippen LogP contribution in [-0.4, -0.2) is 86.9 Å². The summed E-state index contributed by atoms with van der Waals surface area (Å²) in [5.74, 6) is 1.18. The number of carbonyl (C=O) groups is 1. The molecule has 0 N–H and O–H groups in total. The first-order valence-corrected chi connectivity index (χ1v) is 17.2. The van der Waals surface area contributed by atoms with E-state index in [4.69, 9.17) is 24.4 Å². The summed E-state index contributed by atoms with van der Waals surface area (Å²) in [5.41, 5.74) is 1.98. The summed E-state index contributed by atoms with van der Waals surface area (Å²) in [5, 5.41) is 0.567. The second kappa shape index (κ2) is 11.0. The Kier molecular flexibility index (Phi) is 7.16. The van der Waals surface area contributed by atoms with Gasteiger partial charge in [0, 0.05) is 24.8 Å². The predicted octanol–water partition coefficient (Wildman–Crippen LogP) is 6.55. The molecule has 2 aromatic heterocycles. The molecule has 4 aliphatic heterocycles. The third-order valence-electron chi connectivity index (χ3n) is 11.0. The van der Waals surface area contributed by atoms with Crippen LogP contribution >= 0.6 is 0 Å². The number of carbonyl (C=O) groups excluding carboxylic acids is 1. The zero-order valence-electron chi connectivity index (χ0n) is 27.5. The third kappa shape index (κ3) is 5.17. The number of amides is 1. The maximum absolute atomic E-state index is 16.8. The van der Waals surface area contributed by atoms with E-state index in [2.05, 4.69) is 22.8 Å². The highest BCUT2D eigenvalue weighted by Gasteiger charge is 2.47. The molecule has 1 aromatic carbocycles. The summed E-state index contributed by atoms with van der Waals surface area (Å²) < 4.78 is 29.0. The van der Waals surface area contributed by atoms with Gasteiger partial charge in [-0.25, -0.2) is 9.18 Å². The summed E-state index contributed by atoms with van der Waals surface area (Å²) in [6.07, 6.45) is 8.88. The molecule has 3 aromatic rings. The number of benzene rings is 1. The Labute approximate surface area is 270 Å². The van der Waals surface area contributed by atoms with Crippen molar-refractivity contribution in [2.24, 2.45) is 5.92 Å². The van der Waals surface area contributed by atoms with Gasteiger partial charge in [0.2, 0.25) is 0 Å². The van der Waals surface area contributed by atoms with Crippen LogP contribution in [-0.2, 0) is 4.74 Å². The first kappa shape index (κ1) is 29.8. The van der Waals surface area contributed by atoms with E-state index < -0.39 is 11.4 Å². The number of ether oxygens (including phenoxy) is 2. The Morgan fingerprint density at radius 3 is 2.43 bits per heavy atom. The Bertz CT molecular complexity index is 1650. The van der Waals surface area contributed by atoms with E-state index in [1.165, 1.54) is 12.8 Å². The number of pyridine rings is 1. The molecule has 1 aliphatic carbocycles. The minimum atomic E-state index is -0.562. The molecule has 1 saturated carbocycles. The van der Waals surface area contributed by atoms with Crippen LogP contribution < -0.4 is 9.64 Å². The van der Waals surface area contributed by atoms with Crippen molar-refractivity contribution in [3.05, 3.63) is 41.8 Å². The summed E-state index contributed by atoms with van der Waals surface area (Å²) in [7, 11) is 0. The van der Waals surface area contributed by atoms with Crippen LogP contribution in [0.3, 0.4) is 0 Å². The van der Waals surface area contributed by atoms with E-state index in [1.807, 2.05) is 43.9 Å². The smallest absolute Gasteiger partial charge is 0.410 e. The number of hydrogen-bond acceptors (Lipinski definition) is 8. The maximum Gasteiger partial charge on any atom is 0.410 e. The number of aromatic nitrogens is 3. The Hall–Kier alpha value is -3.53. The van der Waals surface area contributed by atoms with Gasteiger partial charge in [0.15, 0.2) is 5.82 Å². The summed E-state index contributed by atoms with van der Waals surface area (Å²) in [6.45, 7) is 11.8. The Balaban J connectivity index is 1.17. The summed E-state index contributed by atoms with van der Waals surface area (Å²) >= 11 is 0. The number of piperazine rings is 1. The summed E-state index contributed by atoms with van der Waals surface area (Å²) in [6, 6.07) is 8.22. The highest BCUT2D eigenvalue weighted by molar-refractivity contribution is 5.92. The predicted molar refractivity (Wildman–Crippen MR) is 175 cm³/mol. The number of fused-ring (bicyclic) bond motifs is 4. The molecule has 4 atom stereocenters. The van der Waals surface area contributed by atoms with E-state index in [9.17, 15) is 4.79 Å². The standard InChI is InChI=1S/C36H45FN6O3/c1-22-17-27(22)25-9-5-6-10-26(25)30-29(37)31-28(18-38-30)32(40-33(39-31)45-21-36-13-7-15-42(36)16-8-14-36)41-19-23-11-12-24(20-41)43(23)34(44)46-35(2,3)4/h5-6,9-10,18,22-24,27H,7-8,11-17,19-21H2,1-4H3. The van der Waals surface area contributed by atoms with Gasteiger partial charge in [-0.05, 0) is 96.2 Å². The van der Waals surface area contributed by atoms with Gasteiger partial charge < -0.3 is 14.4 Å². The van der Waals surface area contributed by atoms with Gasteiger partial charge in [0.05, 0.1) is 23.0 Å². The van der Waals surface area contributed by atoms with E-state index in [0.29, 0.717) is 48.4 Å². The van der Waals surface area contributed by atoms with Crippen molar-refractivity contribution >= 4 is 22.8 Å². The number of nitrogens with zero attached hydrogens (tertiary/aromatic N) is 6. The number of anilines is 1. The largest absolute Gasteiger partial charge is 0.461 e. The first-order chi connectivity index (χ1) is 22.1. The monoisotopic (exact) mass is 628 g/mol. The molecule has 0 radical (unpaired) electrons. The Morgan fingerprint density at radius 1 is 1.07 bits per heavy atom. The van der Waals surface area contributed by atoms with Gasteiger partial charge in [-0.15, -0.1) is 0 Å². The highest BCUT2D eigenvalue weighted by Crippen LogP contribution is 2.50. The molecule has 4 unspecified atom stereocenters. The molecule has 0 spiro atoms. The molecule has 5 aliphatic rings. The van der Waals surface area contributed by atoms with Crippen molar-refractivity contribution < 1.29 is 18.7 Å². The van der Waals surface area contributed by atoms with Crippen LogP contribution in [0.1, 0.15) is 84.1 Å². The lowest BCUT2D eigenvalue weighted by Crippen LogP contribution is -2.57. The SMILES string of the molecule is CC1CC1c1ccccc1-c1ncc2c(N3CC4CCC(C3)N4C(=O)OC(C)(C)C)nc(OCC34CCCN3CCC4)nc2c1F. The normalized spacial score (nSPS) is 26.9. The fraction of sp³-hybridized carbons (Fsp3) is 0.611. The molecular weight excluding hydrogens is 583 g/mol. The second-order valence-electron chi connectivity index (χ2n) is 15.3. The van der Waals surface area contributed by atoms with Crippen molar-refractivity contribution in [3.63, 3.8) is 0 Å². The zero-order chi connectivity index (χ0) is 31.8. The van der Waals surface area contributed by atoms with E-state index >= 15 is 4.39 Å². The molecule has 6 heterocycles. The summed E-state index contributed by atoms with van der Waals surface area (Å²) in [4.78, 5) is 34.3. The van der Waals surface area contributed by atoms with Crippen LogP contribution in [0.4, 0.5) is 15.0 Å². The molecule has 8 rings (SSSR count). The molecule has 5 fully saturated rings. The minimum Gasteiger partial charge on any atom is -0.461 e. The zero-order valence-corrected chi connectivity index (χ0v) is 27.5. The molecule has 10 heteroatoms. The van der Waals surface area contributed by atoms with Gasteiger partial charge >= 0.3 is 12.1 Å². The van der Waals surface area contributed by atoms with Crippen LogP contribution in [0.5, 0.6) is 6.01 Å². The molecule has 1 amide bonds. The molecule has 9 nitrogen and oxygen atoms in total. The Morgan fingerprint density at radius 2 is 1.76 bits per heavy atom. The molecule has 46 heavy (non-hydrogen) atoms. The number of rotatable bonds is 6. The van der Waals surface area contributed by atoms with E-state index in [-0.39, 0.29) is 35.2 Å². The number of halogens is 1. The number of hydrogen-bond donors (Lipinski definition) is 0. The first-order valence-electron chi connectivity index (χ1n) is 17.2. The fourth-order valence-corrected chi connectivity index (χ4v) is 8.66. The van der Waals surface area contributed by atoms with Crippen LogP contribution in [0.25, 0.3) is 22.2 Å². The second-order valence-corrected chi connectivity index (χ2v) is 15.3. The van der Waals surface area contributed by atoms with Crippen LogP contribution in [0.15, 0.2) is 30.5 Å². The topological polar surface area (TPSA) is 83.9 Å². The van der Waals surface area contributed by atoms with Crippen LogP contribution in [0.2, 0.25) is 0 Å². The van der Waals surface area contributed by atoms with Crippen molar-refractivity contribution in [2.45, 2.75) is 102 Å². The van der Waals surface area contributed by atoms with Gasteiger partial charge in [0.1, 0.15) is 29.2 Å². The third-order valence-corrected chi connectivity index (χ3v) is 11.0. The van der Waals surface area contributed by atoms with Gasteiger partial charge in [0.25, 0.3) is 0 Å². The van der Waals surface area contributed by atoms with Crippen molar-refractivity contribution in [3.8, 4) is 17.3 Å². The van der Waals surface area contributed by atoms with Crippen molar-refractivity contribution in [2.75, 3.05) is 37.7 Å². The maximum atomic E-state index is 16.8. The average molecular weight is 629 g/mol. The van der Waals surface area contributed by atoms with Crippen LogP contribution in [0, 0.1) is 11.7 Å². The highest BCUT2D eigenvalue weighted by atomic mass is 19.1. The molecule has 244 valence electrons. The lowest BCUT2D eigenvalue weighted by Gasteiger charge is -2.42. The van der Waals surface area contributed by atoms with Gasteiger partial charge in [-0.2, -0.15) is 9.97 Å². The quantitative estimate of drug-likeness (QED) is 0.304. The lowest BCUT2D eigenvalue weighted by molar-refractivity contribution is 0.0122. The minimum absolute atomic E-state index is 0.0124. The fourth-order valence-electron chi connectivity index (χ4n) is 8.66. The molecule has 4 saturated heterocycles. The van der Waals surface area contributed by atoms with Gasteiger partial charge in [-0.3, -0.25) is 14.8 Å². The van der Waals surface area contributed by atoms with E-state index in [0.717, 1.165) is 56.3 Å². The van der Waals surface area contributed by atoms with E-state index in [1.54, 1.807) is 6.20 Å². The van der Waals surface area contributed by atoms with Crippen molar-refractivity contribution in [1.29, 1.82) is 0 Å². The van der Waals surface area contributed by atoms with Crippen molar-refractivity contribution in [1.82, 2.24) is 24.8 Å². The average Bonchev–Trinajstić information content (AvgIpc) is 3.28. The lowest BCUT2D eigenvalue weighted by atomic mass is 9.95. The molecular formula is C36H45FN6O3.